The summed E-state index contributed by atoms with van der Waals surface area (Å²) >= 11 is 0. The van der Waals surface area contributed by atoms with Crippen molar-refractivity contribution in [2.45, 2.75) is 12.8 Å². The molecule has 0 aliphatic rings. The van der Waals surface area contributed by atoms with Crippen molar-refractivity contribution in [2.75, 3.05) is 14.2 Å². The van der Waals surface area contributed by atoms with E-state index in [1.54, 1.807) is 14.2 Å². The minimum atomic E-state index is 0.789. The Labute approximate surface area is 159 Å². The van der Waals surface area contributed by atoms with Crippen molar-refractivity contribution in [1.29, 1.82) is 0 Å². The van der Waals surface area contributed by atoms with Crippen LogP contribution in [0.25, 0.3) is 5.52 Å². The number of benzene rings is 2. The lowest BCUT2D eigenvalue weighted by Crippen LogP contribution is -1.96. The van der Waals surface area contributed by atoms with Crippen molar-refractivity contribution in [1.82, 2.24) is 9.61 Å². The topological polar surface area (TPSA) is 35.8 Å². The van der Waals surface area contributed by atoms with Gasteiger partial charge in [0.15, 0.2) is 0 Å². The minimum absolute atomic E-state index is 0.789. The number of aromatic nitrogens is 2. The standard InChI is InChI=1S/C23H22N2O2/c1-26-19-10-6-17(7-11-19)15-21-22(24-25-14-4-3-5-23(21)25)16-18-8-12-20(27-2)13-9-18/h3-14H,15-16H2,1-2H3. The molecule has 0 saturated heterocycles. The summed E-state index contributed by atoms with van der Waals surface area (Å²) in [6, 6.07) is 22.6. The van der Waals surface area contributed by atoms with Gasteiger partial charge in [0.25, 0.3) is 0 Å². The van der Waals surface area contributed by atoms with Gasteiger partial charge in [-0.25, -0.2) is 4.52 Å². The summed E-state index contributed by atoms with van der Waals surface area (Å²) in [7, 11) is 3.37. The molecule has 4 heteroatoms. The fourth-order valence-corrected chi connectivity index (χ4v) is 3.32. The molecule has 0 aliphatic heterocycles. The van der Waals surface area contributed by atoms with Crippen molar-refractivity contribution < 1.29 is 9.47 Å². The molecule has 0 amide bonds. The third kappa shape index (κ3) is 3.65. The molecule has 0 atom stereocenters. The zero-order valence-corrected chi connectivity index (χ0v) is 15.6. The Kier molecular flexibility index (Phi) is 4.79. The molecule has 4 nitrogen and oxygen atoms in total. The first-order chi connectivity index (χ1) is 13.3. The van der Waals surface area contributed by atoms with E-state index in [0.29, 0.717) is 0 Å². The maximum atomic E-state index is 5.27. The summed E-state index contributed by atoms with van der Waals surface area (Å²) in [5.41, 5.74) is 5.97. The summed E-state index contributed by atoms with van der Waals surface area (Å²) in [4.78, 5) is 0. The van der Waals surface area contributed by atoms with Gasteiger partial charge in [0.05, 0.1) is 25.4 Å². The molecule has 4 aromatic rings. The molecule has 4 rings (SSSR count). The number of fused-ring (bicyclic) bond motifs is 1. The van der Waals surface area contributed by atoms with Crippen LogP contribution in [0.15, 0.2) is 72.9 Å². The number of nitrogens with zero attached hydrogens (tertiary/aromatic N) is 2. The van der Waals surface area contributed by atoms with E-state index < -0.39 is 0 Å². The summed E-state index contributed by atoms with van der Waals surface area (Å²) in [5.74, 6) is 1.74. The normalized spacial score (nSPS) is 10.9. The fraction of sp³-hybridized carbons (Fsp3) is 0.174. The monoisotopic (exact) mass is 358 g/mol. The minimum Gasteiger partial charge on any atom is -0.497 e. The van der Waals surface area contributed by atoms with Gasteiger partial charge in [0, 0.05) is 24.6 Å². The predicted octanol–water partition coefficient (Wildman–Crippen LogP) is 4.53. The molecule has 2 aromatic heterocycles. The summed E-state index contributed by atoms with van der Waals surface area (Å²) in [5, 5.41) is 4.84. The van der Waals surface area contributed by atoms with Crippen LogP contribution in [0.2, 0.25) is 0 Å². The number of methoxy groups -OCH3 is 2. The van der Waals surface area contributed by atoms with Crippen molar-refractivity contribution in [3.8, 4) is 11.5 Å². The lowest BCUT2D eigenvalue weighted by atomic mass is 9.99. The van der Waals surface area contributed by atoms with E-state index in [-0.39, 0.29) is 0 Å². The van der Waals surface area contributed by atoms with Crippen LogP contribution < -0.4 is 9.47 Å². The van der Waals surface area contributed by atoms with E-state index >= 15 is 0 Å². The number of rotatable bonds is 6. The van der Waals surface area contributed by atoms with Gasteiger partial charge < -0.3 is 9.47 Å². The lowest BCUT2D eigenvalue weighted by molar-refractivity contribution is 0.414. The Morgan fingerprint density at radius 3 is 1.93 bits per heavy atom. The van der Waals surface area contributed by atoms with E-state index in [1.165, 1.54) is 16.7 Å². The number of hydrogen-bond donors (Lipinski definition) is 0. The SMILES string of the molecule is COc1ccc(Cc2nn3ccccc3c2Cc2ccc(OC)cc2)cc1. The maximum Gasteiger partial charge on any atom is 0.118 e. The van der Waals surface area contributed by atoms with Gasteiger partial charge in [0.1, 0.15) is 11.5 Å². The molecule has 0 saturated carbocycles. The Morgan fingerprint density at radius 1 is 0.741 bits per heavy atom. The molecule has 0 N–H and O–H groups in total. The molecule has 0 bridgehead atoms. The highest BCUT2D eigenvalue weighted by atomic mass is 16.5. The predicted molar refractivity (Wildman–Crippen MR) is 107 cm³/mol. The average molecular weight is 358 g/mol. The number of pyridine rings is 1. The highest BCUT2D eigenvalue weighted by Crippen LogP contribution is 2.24. The van der Waals surface area contributed by atoms with E-state index in [4.69, 9.17) is 14.6 Å². The Balaban J connectivity index is 1.69. The second-order valence-electron chi connectivity index (χ2n) is 6.51. The molecular formula is C23H22N2O2. The first-order valence-electron chi connectivity index (χ1n) is 8.98. The van der Waals surface area contributed by atoms with Crippen LogP contribution in [-0.2, 0) is 12.8 Å². The van der Waals surface area contributed by atoms with Gasteiger partial charge >= 0.3 is 0 Å². The molecule has 2 aromatic carbocycles. The number of hydrogen-bond acceptors (Lipinski definition) is 3. The quantitative estimate of drug-likeness (QED) is 0.508. The van der Waals surface area contributed by atoms with Crippen LogP contribution in [0, 0.1) is 0 Å². The van der Waals surface area contributed by atoms with Gasteiger partial charge in [-0.1, -0.05) is 30.3 Å². The molecule has 0 spiro atoms. The molecule has 27 heavy (non-hydrogen) atoms. The first-order valence-corrected chi connectivity index (χ1v) is 8.98. The van der Waals surface area contributed by atoms with E-state index in [2.05, 4.69) is 36.4 Å². The van der Waals surface area contributed by atoms with Crippen LogP contribution >= 0.6 is 0 Å². The first kappa shape index (κ1) is 17.2. The van der Waals surface area contributed by atoms with Crippen LogP contribution in [0.3, 0.4) is 0 Å². The van der Waals surface area contributed by atoms with Crippen LogP contribution in [-0.4, -0.2) is 23.8 Å². The average Bonchev–Trinajstić information content (AvgIpc) is 3.06. The van der Waals surface area contributed by atoms with Crippen molar-refractivity contribution in [3.63, 3.8) is 0 Å². The van der Waals surface area contributed by atoms with Gasteiger partial charge in [-0.2, -0.15) is 5.10 Å². The van der Waals surface area contributed by atoms with E-state index in [1.807, 2.05) is 41.0 Å². The zero-order valence-electron chi connectivity index (χ0n) is 15.6. The lowest BCUT2D eigenvalue weighted by Gasteiger charge is -2.06. The van der Waals surface area contributed by atoms with Crippen molar-refractivity contribution >= 4 is 5.52 Å². The largest absolute Gasteiger partial charge is 0.497 e. The second kappa shape index (κ2) is 7.54. The molecule has 0 aliphatic carbocycles. The summed E-state index contributed by atoms with van der Waals surface area (Å²) in [6.07, 6.45) is 3.63. The third-order valence-electron chi connectivity index (χ3n) is 4.80. The van der Waals surface area contributed by atoms with E-state index in [0.717, 1.165) is 35.6 Å². The van der Waals surface area contributed by atoms with Crippen LogP contribution in [0.1, 0.15) is 22.4 Å². The molecule has 0 radical (unpaired) electrons. The van der Waals surface area contributed by atoms with Gasteiger partial charge in [-0.05, 0) is 47.5 Å². The van der Waals surface area contributed by atoms with Gasteiger partial charge in [-0.15, -0.1) is 0 Å². The van der Waals surface area contributed by atoms with Crippen molar-refractivity contribution in [3.05, 3.63) is 95.3 Å². The fourth-order valence-electron chi connectivity index (χ4n) is 3.32. The molecular weight excluding hydrogens is 336 g/mol. The smallest absolute Gasteiger partial charge is 0.118 e. The Morgan fingerprint density at radius 2 is 1.33 bits per heavy atom. The number of ether oxygens (including phenoxy) is 2. The third-order valence-corrected chi connectivity index (χ3v) is 4.80. The van der Waals surface area contributed by atoms with Crippen LogP contribution in [0.4, 0.5) is 0 Å². The molecule has 0 unspecified atom stereocenters. The van der Waals surface area contributed by atoms with Crippen molar-refractivity contribution in [2.24, 2.45) is 0 Å². The van der Waals surface area contributed by atoms with Gasteiger partial charge in [-0.3, -0.25) is 0 Å². The van der Waals surface area contributed by atoms with E-state index in [9.17, 15) is 0 Å². The summed E-state index contributed by atoms with van der Waals surface area (Å²) < 4.78 is 12.5. The highest BCUT2D eigenvalue weighted by molar-refractivity contribution is 5.58. The van der Waals surface area contributed by atoms with Crippen LogP contribution in [0.5, 0.6) is 11.5 Å². The molecule has 136 valence electrons. The zero-order chi connectivity index (χ0) is 18.6. The molecule has 2 heterocycles. The summed E-state index contributed by atoms with van der Waals surface area (Å²) in [6.45, 7) is 0. The maximum absolute atomic E-state index is 5.27. The second-order valence-corrected chi connectivity index (χ2v) is 6.51. The Bertz CT molecular complexity index is 1030. The Hall–Kier alpha value is -3.27. The molecule has 0 fully saturated rings. The van der Waals surface area contributed by atoms with Gasteiger partial charge in [0.2, 0.25) is 0 Å². The highest BCUT2D eigenvalue weighted by Gasteiger charge is 2.14.